The first-order valence-electron chi connectivity index (χ1n) is 10.2. The van der Waals surface area contributed by atoms with E-state index < -0.39 is 13.0 Å². The Balaban J connectivity index is 1.57. The molecular weight excluding hydrogens is 434 g/mol. The predicted molar refractivity (Wildman–Crippen MR) is 111 cm³/mol. The van der Waals surface area contributed by atoms with Gasteiger partial charge in [-0.15, -0.1) is 0 Å². The first-order valence-corrected chi connectivity index (χ1v) is 10.6. The summed E-state index contributed by atoms with van der Waals surface area (Å²) in [5.41, 5.74) is 1.01. The number of hydrogen-bond donors (Lipinski definition) is 1. The average Bonchev–Trinajstić information content (AvgIpc) is 3.02. The molecule has 8 nitrogen and oxygen atoms in total. The van der Waals surface area contributed by atoms with Crippen molar-refractivity contribution in [3.8, 4) is 11.9 Å². The Morgan fingerprint density at radius 2 is 1.97 bits per heavy atom. The van der Waals surface area contributed by atoms with E-state index in [9.17, 15) is 13.6 Å². The number of pyridine rings is 1. The van der Waals surface area contributed by atoms with Crippen molar-refractivity contribution in [3.05, 3.63) is 11.2 Å². The number of fused-ring (bicyclic) bond motifs is 1. The lowest BCUT2D eigenvalue weighted by molar-refractivity contribution is -0.120. The van der Waals surface area contributed by atoms with Gasteiger partial charge >= 0.3 is 0 Å². The molecule has 0 bridgehead atoms. The van der Waals surface area contributed by atoms with Crippen molar-refractivity contribution < 1.29 is 27.8 Å². The normalized spacial score (nSPS) is 20.1. The van der Waals surface area contributed by atoms with Crippen LogP contribution in [0.3, 0.4) is 0 Å². The molecule has 2 aromatic heterocycles. The third kappa shape index (κ3) is 6.16. The molecule has 1 fully saturated rings. The number of aryl methyl sites for hydroxylation is 1. The van der Waals surface area contributed by atoms with Crippen LogP contribution in [0.5, 0.6) is 11.9 Å². The van der Waals surface area contributed by atoms with E-state index in [1.165, 1.54) is 13.1 Å². The average molecular weight is 461 g/mol. The molecule has 1 aliphatic rings. The number of imidazole rings is 1. The van der Waals surface area contributed by atoms with E-state index in [1.807, 2.05) is 6.92 Å². The fraction of sp³-hybridized carbons (Fsp3) is 0.650. The maximum absolute atomic E-state index is 12.4. The van der Waals surface area contributed by atoms with Crippen LogP contribution < -0.4 is 14.8 Å². The van der Waals surface area contributed by atoms with Crippen LogP contribution in [-0.2, 0) is 16.6 Å². The van der Waals surface area contributed by atoms with E-state index in [2.05, 4.69) is 15.3 Å². The van der Waals surface area contributed by atoms with Gasteiger partial charge < -0.3 is 19.5 Å². The Labute approximate surface area is 184 Å². The first kappa shape index (κ1) is 23.5. The van der Waals surface area contributed by atoms with E-state index in [0.717, 1.165) is 25.7 Å². The minimum atomic E-state index is -2.62. The zero-order valence-electron chi connectivity index (χ0n) is 17.7. The zero-order chi connectivity index (χ0) is 22.5. The van der Waals surface area contributed by atoms with Crippen molar-refractivity contribution in [2.24, 2.45) is 7.05 Å². The molecule has 172 valence electrons. The number of hydrogen-bond acceptors (Lipinski definition) is 6. The van der Waals surface area contributed by atoms with Crippen LogP contribution in [0.4, 0.5) is 8.78 Å². The molecule has 1 amide bonds. The molecular formula is C20H27ClF2N4O4. The van der Waals surface area contributed by atoms with Crippen LogP contribution in [0, 0.1) is 0 Å². The molecule has 0 aliphatic heterocycles. The number of rotatable bonds is 9. The Bertz CT molecular complexity index is 903. The number of carbonyl (C=O) groups is 1. The number of halogens is 3. The van der Waals surface area contributed by atoms with Gasteiger partial charge in [0.15, 0.2) is 6.61 Å². The number of amides is 1. The summed E-state index contributed by atoms with van der Waals surface area (Å²) < 4.78 is 43.5. The zero-order valence-corrected chi connectivity index (χ0v) is 18.5. The predicted octanol–water partition coefficient (Wildman–Crippen LogP) is 3.50. The van der Waals surface area contributed by atoms with Crippen LogP contribution in [0.15, 0.2) is 6.20 Å². The highest BCUT2D eigenvalue weighted by atomic mass is 35.5. The molecule has 1 saturated carbocycles. The van der Waals surface area contributed by atoms with Crippen LogP contribution >= 0.6 is 11.6 Å². The molecule has 0 aromatic carbocycles. The van der Waals surface area contributed by atoms with Gasteiger partial charge in [-0.25, -0.2) is 13.8 Å². The quantitative estimate of drug-likeness (QED) is 0.616. The van der Waals surface area contributed by atoms with Crippen molar-refractivity contribution in [3.63, 3.8) is 0 Å². The highest BCUT2D eigenvalue weighted by molar-refractivity contribution is 6.36. The van der Waals surface area contributed by atoms with E-state index in [-0.39, 0.29) is 35.1 Å². The number of nitrogens with one attached hydrogen (secondary N) is 1. The highest BCUT2D eigenvalue weighted by Gasteiger charge is 2.26. The first-order chi connectivity index (χ1) is 14.7. The number of ether oxygens (including phenoxy) is 3. The topological polar surface area (TPSA) is 87.5 Å². The molecule has 2 aromatic rings. The fourth-order valence-electron chi connectivity index (χ4n) is 3.61. The van der Waals surface area contributed by atoms with Gasteiger partial charge in [0.2, 0.25) is 11.8 Å². The minimum absolute atomic E-state index is 0.0237. The summed E-state index contributed by atoms with van der Waals surface area (Å²) >= 11 is 6.31. The lowest BCUT2D eigenvalue weighted by Crippen LogP contribution is -2.37. The molecule has 31 heavy (non-hydrogen) atoms. The van der Waals surface area contributed by atoms with Gasteiger partial charge in [0.1, 0.15) is 16.6 Å². The molecule has 2 heterocycles. The van der Waals surface area contributed by atoms with Gasteiger partial charge in [0, 0.05) is 20.0 Å². The SMILES string of the molecule is CC(=O)N[C@@H](C)COC1CCC(Oc2nc3cnc(OCC(F)F)c(Cl)c3n2C)CC1. The number of carbonyl (C=O) groups excluding carboxylic acids is 1. The van der Waals surface area contributed by atoms with Crippen LogP contribution in [0.2, 0.25) is 5.02 Å². The van der Waals surface area contributed by atoms with Gasteiger partial charge in [-0.05, 0) is 32.6 Å². The van der Waals surface area contributed by atoms with E-state index >= 15 is 0 Å². The molecule has 1 aliphatic carbocycles. The third-order valence-corrected chi connectivity index (χ3v) is 5.39. The smallest absolute Gasteiger partial charge is 0.297 e. The maximum atomic E-state index is 12.4. The van der Waals surface area contributed by atoms with E-state index in [1.54, 1.807) is 11.6 Å². The molecule has 3 rings (SSSR count). The Morgan fingerprint density at radius 1 is 1.29 bits per heavy atom. The van der Waals surface area contributed by atoms with Gasteiger partial charge in [0.05, 0.1) is 24.4 Å². The van der Waals surface area contributed by atoms with Gasteiger partial charge in [-0.1, -0.05) is 11.6 Å². The van der Waals surface area contributed by atoms with E-state index in [4.69, 9.17) is 25.8 Å². The summed E-state index contributed by atoms with van der Waals surface area (Å²) in [6.45, 7) is 3.09. The highest BCUT2D eigenvalue weighted by Crippen LogP contribution is 2.34. The van der Waals surface area contributed by atoms with Crippen molar-refractivity contribution in [1.82, 2.24) is 19.9 Å². The van der Waals surface area contributed by atoms with Crippen molar-refractivity contribution in [2.75, 3.05) is 13.2 Å². The molecule has 0 spiro atoms. The monoisotopic (exact) mass is 460 g/mol. The lowest BCUT2D eigenvalue weighted by Gasteiger charge is -2.29. The maximum Gasteiger partial charge on any atom is 0.297 e. The van der Waals surface area contributed by atoms with Crippen molar-refractivity contribution >= 4 is 28.5 Å². The van der Waals surface area contributed by atoms with Gasteiger partial charge in [-0.3, -0.25) is 9.36 Å². The molecule has 1 atom stereocenters. The standard InChI is InChI=1S/C20H27ClF2N4O4/c1-11(25-12(2)28)9-29-13-4-6-14(7-5-13)31-20-26-15-8-24-19(30-10-16(22)23)17(21)18(15)27(20)3/h8,11,13-14,16H,4-7,9-10H2,1-3H3,(H,25,28)/t11-,13?,14?/m0/s1. The van der Waals surface area contributed by atoms with E-state index in [0.29, 0.717) is 23.7 Å². The van der Waals surface area contributed by atoms with Crippen LogP contribution in [-0.4, -0.2) is 58.3 Å². The Hall–Kier alpha value is -2.20. The van der Waals surface area contributed by atoms with Crippen LogP contribution in [0.1, 0.15) is 39.5 Å². The second-order valence-electron chi connectivity index (χ2n) is 7.72. The molecule has 0 saturated heterocycles. The Morgan fingerprint density at radius 3 is 2.61 bits per heavy atom. The summed E-state index contributed by atoms with van der Waals surface area (Å²) in [4.78, 5) is 19.5. The molecule has 0 radical (unpaired) electrons. The largest absolute Gasteiger partial charge is 0.470 e. The third-order valence-electron chi connectivity index (χ3n) is 5.05. The summed E-state index contributed by atoms with van der Waals surface area (Å²) in [5, 5.41) is 2.92. The second kappa shape index (κ2) is 10.4. The Kier molecular flexibility index (Phi) is 7.88. The summed E-state index contributed by atoms with van der Waals surface area (Å²) in [6.07, 6.45) is 2.20. The van der Waals surface area contributed by atoms with Gasteiger partial charge in [0.25, 0.3) is 12.4 Å². The van der Waals surface area contributed by atoms with Crippen molar-refractivity contribution in [2.45, 2.75) is 64.2 Å². The molecule has 11 heteroatoms. The number of aromatic nitrogens is 3. The fourth-order valence-corrected chi connectivity index (χ4v) is 3.94. The number of nitrogens with zero attached hydrogens (tertiary/aromatic N) is 3. The number of alkyl halides is 2. The van der Waals surface area contributed by atoms with Gasteiger partial charge in [-0.2, -0.15) is 4.98 Å². The molecule has 0 unspecified atom stereocenters. The minimum Gasteiger partial charge on any atom is -0.470 e. The lowest BCUT2D eigenvalue weighted by atomic mass is 9.95. The van der Waals surface area contributed by atoms with Crippen LogP contribution in [0.25, 0.3) is 11.0 Å². The summed E-state index contributed by atoms with van der Waals surface area (Å²) in [7, 11) is 1.74. The summed E-state index contributed by atoms with van der Waals surface area (Å²) in [5.74, 6) is -0.131. The molecule has 1 N–H and O–H groups in total. The second-order valence-corrected chi connectivity index (χ2v) is 8.10. The van der Waals surface area contributed by atoms with Crippen molar-refractivity contribution in [1.29, 1.82) is 0 Å². The summed E-state index contributed by atoms with van der Waals surface area (Å²) in [6, 6.07) is 0.354.